The molecule has 8 heteroatoms. The van der Waals surface area contributed by atoms with Crippen LogP contribution in [0, 0.1) is 0 Å². The van der Waals surface area contributed by atoms with Crippen molar-refractivity contribution in [1.29, 1.82) is 0 Å². The summed E-state index contributed by atoms with van der Waals surface area (Å²) in [6, 6.07) is 3.32. The van der Waals surface area contributed by atoms with Crippen molar-refractivity contribution in [3.05, 3.63) is 40.9 Å². The second-order valence-corrected chi connectivity index (χ2v) is 4.73. The highest BCUT2D eigenvalue weighted by Crippen LogP contribution is 2.10. The number of ether oxygens (including phenoxy) is 1. The number of amides is 1. The number of carbonyl (C=O) groups is 2. The van der Waals surface area contributed by atoms with E-state index in [1.54, 1.807) is 12.1 Å². The molecule has 0 atom stereocenters. The first-order valence-electron chi connectivity index (χ1n) is 5.60. The van der Waals surface area contributed by atoms with Crippen molar-refractivity contribution in [1.82, 2.24) is 14.8 Å². The highest BCUT2D eigenvalue weighted by atomic mass is 79.9. The molecule has 2 rings (SSSR count). The summed E-state index contributed by atoms with van der Waals surface area (Å²) in [5, 5.41) is 6.58. The molecule has 1 amide bonds. The minimum absolute atomic E-state index is 0.0110. The first-order chi connectivity index (χ1) is 9.58. The molecule has 0 aromatic carbocycles. The minimum Gasteiger partial charge on any atom is -0.468 e. The summed E-state index contributed by atoms with van der Waals surface area (Å²) in [6.07, 6.45) is 4.52. The lowest BCUT2D eigenvalue weighted by Gasteiger charge is -2.01. The number of hydrogen-bond acceptors (Lipinski definition) is 5. The van der Waals surface area contributed by atoms with Crippen molar-refractivity contribution >= 4 is 33.5 Å². The fraction of sp³-hybridized carbons (Fsp3) is 0.167. The molecule has 0 aliphatic carbocycles. The molecule has 0 unspecified atom stereocenters. The maximum atomic E-state index is 11.9. The van der Waals surface area contributed by atoms with Crippen molar-refractivity contribution in [2.24, 2.45) is 0 Å². The maximum absolute atomic E-state index is 11.9. The Hall–Kier alpha value is -2.22. The number of aromatic nitrogens is 3. The highest BCUT2D eigenvalue weighted by molar-refractivity contribution is 9.10. The van der Waals surface area contributed by atoms with Crippen molar-refractivity contribution in [2.45, 2.75) is 6.54 Å². The van der Waals surface area contributed by atoms with Crippen LogP contribution < -0.4 is 5.32 Å². The van der Waals surface area contributed by atoms with Crippen LogP contribution in [0.4, 0.5) is 5.69 Å². The van der Waals surface area contributed by atoms with Gasteiger partial charge in [-0.05, 0) is 28.1 Å². The fourth-order valence-electron chi connectivity index (χ4n) is 1.42. The molecule has 1 N–H and O–H groups in total. The van der Waals surface area contributed by atoms with Gasteiger partial charge >= 0.3 is 5.97 Å². The third-order valence-electron chi connectivity index (χ3n) is 2.37. The van der Waals surface area contributed by atoms with Gasteiger partial charge in [-0.3, -0.25) is 14.3 Å². The standard InChI is InChI=1S/C12H11BrN4O3/c1-20-11(18)7-17-6-9(5-15-17)16-12(19)10-3-2-8(13)4-14-10/h2-6H,7H2,1H3,(H,16,19). The highest BCUT2D eigenvalue weighted by Gasteiger charge is 2.10. The largest absolute Gasteiger partial charge is 0.468 e. The number of esters is 1. The summed E-state index contributed by atoms with van der Waals surface area (Å²) in [6.45, 7) is -0.0110. The van der Waals surface area contributed by atoms with Gasteiger partial charge in [0.2, 0.25) is 0 Å². The quantitative estimate of drug-likeness (QED) is 0.853. The van der Waals surface area contributed by atoms with Crippen LogP contribution in [0.25, 0.3) is 0 Å². The first-order valence-corrected chi connectivity index (χ1v) is 6.40. The van der Waals surface area contributed by atoms with E-state index in [0.29, 0.717) is 5.69 Å². The summed E-state index contributed by atoms with van der Waals surface area (Å²) in [4.78, 5) is 27.0. The van der Waals surface area contributed by atoms with Crippen LogP contribution in [0.5, 0.6) is 0 Å². The summed E-state index contributed by atoms with van der Waals surface area (Å²) < 4.78 is 6.69. The zero-order valence-corrected chi connectivity index (χ0v) is 12.1. The van der Waals surface area contributed by atoms with Gasteiger partial charge < -0.3 is 10.1 Å². The Morgan fingerprint density at radius 2 is 2.20 bits per heavy atom. The number of hydrogen-bond donors (Lipinski definition) is 1. The average molecular weight is 339 g/mol. The molecule has 0 spiro atoms. The van der Waals surface area contributed by atoms with E-state index in [1.165, 1.54) is 30.4 Å². The third-order valence-corrected chi connectivity index (χ3v) is 2.84. The van der Waals surface area contributed by atoms with Gasteiger partial charge in [0.15, 0.2) is 0 Å². The van der Waals surface area contributed by atoms with Crippen molar-refractivity contribution < 1.29 is 14.3 Å². The van der Waals surface area contributed by atoms with E-state index in [4.69, 9.17) is 0 Å². The van der Waals surface area contributed by atoms with Crippen LogP contribution in [-0.2, 0) is 16.1 Å². The second-order valence-electron chi connectivity index (χ2n) is 3.82. The van der Waals surface area contributed by atoms with E-state index in [-0.39, 0.29) is 18.1 Å². The van der Waals surface area contributed by atoms with Gasteiger partial charge in [0.1, 0.15) is 12.2 Å². The molecule has 7 nitrogen and oxygen atoms in total. The van der Waals surface area contributed by atoms with Gasteiger partial charge in [-0.1, -0.05) is 0 Å². The van der Waals surface area contributed by atoms with Gasteiger partial charge in [0.05, 0.1) is 19.0 Å². The lowest BCUT2D eigenvalue weighted by molar-refractivity contribution is -0.141. The van der Waals surface area contributed by atoms with Crippen molar-refractivity contribution in [2.75, 3.05) is 12.4 Å². The average Bonchev–Trinajstić information content (AvgIpc) is 2.86. The summed E-state index contributed by atoms with van der Waals surface area (Å²) in [5.41, 5.74) is 0.762. The van der Waals surface area contributed by atoms with E-state index < -0.39 is 5.97 Å². The Labute approximate surface area is 123 Å². The summed E-state index contributed by atoms with van der Waals surface area (Å²) in [5.74, 6) is -0.768. The van der Waals surface area contributed by atoms with Crippen molar-refractivity contribution in [3.8, 4) is 0 Å². The number of nitrogens with one attached hydrogen (secondary N) is 1. The number of pyridine rings is 1. The molecular formula is C12H11BrN4O3. The molecule has 0 fully saturated rings. The van der Waals surface area contributed by atoms with Crippen LogP contribution in [0.1, 0.15) is 10.5 Å². The number of anilines is 1. The van der Waals surface area contributed by atoms with Crippen LogP contribution in [0.15, 0.2) is 35.2 Å². The molecule has 0 radical (unpaired) electrons. The SMILES string of the molecule is COC(=O)Cn1cc(NC(=O)c2ccc(Br)cn2)cn1. The second kappa shape index (κ2) is 6.29. The zero-order valence-electron chi connectivity index (χ0n) is 10.5. The molecule has 0 bridgehead atoms. The first kappa shape index (κ1) is 14.2. The van der Waals surface area contributed by atoms with Crippen LogP contribution >= 0.6 is 15.9 Å². The van der Waals surface area contributed by atoms with E-state index in [2.05, 4.69) is 36.1 Å². The van der Waals surface area contributed by atoms with E-state index in [9.17, 15) is 9.59 Å². The normalized spacial score (nSPS) is 10.1. The van der Waals surface area contributed by atoms with Crippen LogP contribution in [-0.4, -0.2) is 33.8 Å². The number of nitrogens with zero attached hydrogens (tertiary/aromatic N) is 3. The molecule has 0 aliphatic heterocycles. The Morgan fingerprint density at radius 1 is 1.40 bits per heavy atom. The predicted molar refractivity (Wildman–Crippen MR) is 74.1 cm³/mol. The number of carbonyl (C=O) groups excluding carboxylic acids is 2. The molecule has 2 heterocycles. The van der Waals surface area contributed by atoms with Gasteiger partial charge in [-0.15, -0.1) is 0 Å². The van der Waals surface area contributed by atoms with Crippen LogP contribution in [0.3, 0.4) is 0 Å². The molecule has 104 valence electrons. The van der Waals surface area contributed by atoms with Gasteiger partial charge in [0.25, 0.3) is 5.91 Å². The molecule has 0 aliphatic rings. The monoisotopic (exact) mass is 338 g/mol. The van der Waals surface area contributed by atoms with Gasteiger partial charge in [0, 0.05) is 16.9 Å². The number of methoxy groups -OCH3 is 1. The van der Waals surface area contributed by atoms with E-state index in [1.807, 2.05) is 0 Å². The Balaban J connectivity index is 2.01. The van der Waals surface area contributed by atoms with Crippen LogP contribution in [0.2, 0.25) is 0 Å². The Bertz CT molecular complexity index is 624. The molecule has 0 saturated carbocycles. The summed E-state index contributed by atoms with van der Waals surface area (Å²) in [7, 11) is 1.30. The third kappa shape index (κ3) is 3.64. The fourth-order valence-corrected chi connectivity index (χ4v) is 1.65. The van der Waals surface area contributed by atoms with Gasteiger partial charge in [-0.25, -0.2) is 4.98 Å². The lowest BCUT2D eigenvalue weighted by atomic mass is 10.3. The molecular weight excluding hydrogens is 328 g/mol. The summed E-state index contributed by atoms with van der Waals surface area (Å²) >= 11 is 3.24. The number of halogens is 1. The predicted octanol–water partition coefficient (Wildman–Crippen LogP) is 1.47. The number of rotatable bonds is 4. The topological polar surface area (TPSA) is 86.1 Å². The van der Waals surface area contributed by atoms with Gasteiger partial charge in [-0.2, -0.15) is 5.10 Å². The molecule has 2 aromatic rings. The molecule has 2 aromatic heterocycles. The van der Waals surface area contributed by atoms with E-state index >= 15 is 0 Å². The Kier molecular flexibility index (Phi) is 4.46. The zero-order chi connectivity index (χ0) is 14.5. The lowest BCUT2D eigenvalue weighted by Crippen LogP contribution is -2.13. The molecule has 0 saturated heterocycles. The van der Waals surface area contributed by atoms with Crippen molar-refractivity contribution in [3.63, 3.8) is 0 Å². The van der Waals surface area contributed by atoms with E-state index in [0.717, 1.165) is 4.47 Å². The minimum atomic E-state index is -0.416. The Morgan fingerprint density at radius 3 is 2.85 bits per heavy atom. The molecule has 20 heavy (non-hydrogen) atoms. The maximum Gasteiger partial charge on any atom is 0.327 e. The smallest absolute Gasteiger partial charge is 0.327 e.